The number of aliphatic hydroxyl groups excluding tert-OH is 1. The standard InChI is InChI=1S/C26H35NO5/c1-14-6-7-20-24(3,4)21(30)8-9-25(20,5)26(14)11-17-19(29)10-16-18(22(17)32-26)13-27(23(16)31)12-15(2)28/h10,14,20-21,29-30H,6-9,11-13H2,1-5H3. The minimum absolute atomic E-state index is 0.0659. The summed E-state index contributed by atoms with van der Waals surface area (Å²) >= 11 is 0. The van der Waals surface area contributed by atoms with E-state index in [4.69, 9.17) is 4.74 Å². The highest BCUT2D eigenvalue weighted by atomic mass is 16.5. The molecule has 6 nitrogen and oxygen atoms in total. The van der Waals surface area contributed by atoms with Gasteiger partial charge in [-0.25, -0.2) is 0 Å². The molecule has 0 radical (unpaired) electrons. The predicted molar refractivity (Wildman–Crippen MR) is 120 cm³/mol. The first kappa shape index (κ1) is 21.7. The van der Waals surface area contributed by atoms with Crippen LogP contribution in [0.3, 0.4) is 0 Å². The number of fused-ring (bicyclic) bond motifs is 5. The summed E-state index contributed by atoms with van der Waals surface area (Å²) in [4.78, 5) is 26.1. The number of aliphatic hydroxyl groups is 1. The van der Waals surface area contributed by atoms with Crippen LogP contribution in [0.2, 0.25) is 0 Å². The average Bonchev–Trinajstić information content (AvgIpc) is 3.25. The molecular formula is C26H35NO5. The van der Waals surface area contributed by atoms with Gasteiger partial charge in [-0.3, -0.25) is 9.59 Å². The molecule has 2 heterocycles. The van der Waals surface area contributed by atoms with E-state index in [2.05, 4.69) is 27.7 Å². The minimum atomic E-state index is -0.487. The van der Waals surface area contributed by atoms with Gasteiger partial charge in [-0.2, -0.15) is 0 Å². The van der Waals surface area contributed by atoms with Crippen molar-refractivity contribution in [3.05, 3.63) is 22.8 Å². The van der Waals surface area contributed by atoms with Crippen molar-refractivity contribution in [3.63, 3.8) is 0 Å². The van der Waals surface area contributed by atoms with Crippen LogP contribution in [0.25, 0.3) is 0 Å². The van der Waals surface area contributed by atoms with Gasteiger partial charge in [0.1, 0.15) is 22.9 Å². The number of hydrogen-bond donors (Lipinski definition) is 2. The van der Waals surface area contributed by atoms with Crippen molar-refractivity contribution in [1.82, 2.24) is 4.90 Å². The zero-order valence-corrected chi connectivity index (χ0v) is 19.8. The number of nitrogens with zero attached hydrogens (tertiary/aromatic N) is 1. The number of hydrogen-bond acceptors (Lipinski definition) is 5. The molecule has 5 atom stereocenters. The molecule has 0 bridgehead atoms. The van der Waals surface area contributed by atoms with Crippen LogP contribution in [0.4, 0.5) is 0 Å². The maximum absolute atomic E-state index is 12.9. The molecule has 1 spiro atoms. The van der Waals surface area contributed by atoms with E-state index < -0.39 is 5.60 Å². The van der Waals surface area contributed by atoms with Gasteiger partial charge in [0.15, 0.2) is 0 Å². The van der Waals surface area contributed by atoms with Crippen LogP contribution in [0.15, 0.2) is 6.07 Å². The summed E-state index contributed by atoms with van der Waals surface area (Å²) in [6.07, 6.45) is 3.95. The maximum atomic E-state index is 12.9. The third-order valence-corrected chi connectivity index (χ3v) is 9.58. The summed E-state index contributed by atoms with van der Waals surface area (Å²) in [5, 5.41) is 21.8. The fraction of sp³-hybridized carbons (Fsp3) is 0.692. The molecule has 2 fully saturated rings. The SMILES string of the molecule is CC(=O)CN1Cc2c(cc(O)c3c2OC2(C3)C(C)CCC3C(C)(C)C(O)CCC32C)C1=O. The molecule has 0 aromatic heterocycles. The number of ether oxygens (including phenoxy) is 1. The Morgan fingerprint density at radius 2 is 1.94 bits per heavy atom. The molecule has 2 aliphatic heterocycles. The molecule has 5 rings (SSSR count). The van der Waals surface area contributed by atoms with Crippen LogP contribution in [-0.2, 0) is 17.8 Å². The summed E-state index contributed by atoms with van der Waals surface area (Å²) in [5.41, 5.74) is 1.18. The average molecular weight is 442 g/mol. The molecule has 1 aromatic carbocycles. The zero-order chi connectivity index (χ0) is 23.2. The van der Waals surface area contributed by atoms with Crippen molar-refractivity contribution in [2.45, 2.75) is 85.0 Å². The number of carbonyl (C=O) groups excluding carboxylic acids is 2. The first-order valence-corrected chi connectivity index (χ1v) is 12.0. The Morgan fingerprint density at radius 3 is 2.62 bits per heavy atom. The van der Waals surface area contributed by atoms with Gasteiger partial charge in [0.05, 0.1) is 24.8 Å². The lowest BCUT2D eigenvalue weighted by Crippen LogP contribution is -2.66. The molecule has 2 aliphatic carbocycles. The van der Waals surface area contributed by atoms with Crippen LogP contribution in [0.5, 0.6) is 11.5 Å². The number of phenolic OH excluding ortho intramolecular Hbond substituents is 1. The first-order chi connectivity index (χ1) is 14.9. The highest BCUT2D eigenvalue weighted by molar-refractivity contribution is 6.01. The Balaban J connectivity index is 1.60. The van der Waals surface area contributed by atoms with Crippen molar-refractivity contribution >= 4 is 11.7 Å². The summed E-state index contributed by atoms with van der Waals surface area (Å²) < 4.78 is 6.97. The normalized spacial score (nSPS) is 37.1. The number of aromatic hydroxyl groups is 1. The molecule has 32 heavy (non-hydrogen) atoms. The van der Waals surface area contributed by atoms with Crippen LogP contribution < -0.4 is 4.74 Å². The molecule has 174 valence electrons. The second kappa shape index (κ2) is 6.72. The molecule has 0 saturated heterocycles. The Hall–Kier alpha value is -2.08. The van der Waals surface area contributed by atoms with E-state index in [1.807, 2.05) is 0 Å². The quantitative estimate of drug-likeness (QED) is 0.728. The lowest BCUT2D eigenvalue weighted by Gasteiger charge is -2.64. The molecule has 1 amide bonds. The highest BCUT2D eigenvalue weighted by Crippen LogP contribution is 2.67. The van der Waals surface area contributed by atoms with Crippen molar-refractivity contribution in [2.75, 3.05) is 6.54 Å². The summed E-state index contributed by atoms with van der Waals surface area (Å²) in [5.74, 6) is 1.06. The number of phenols is 1. The molecule has 1 aromatic rings. The summed E-state index contributed by atoms with van der Waals surface area (Å²) in [6, 6.07) is 1.57. The number of amides is 1. The fourth-order valence-electron chi connectivity index (χ4n) is 7.72. The van der Waals surface area contributed by atoms with Crippen molar-refractivity contribution in [1.29, 1.82) is 0 Å². The molecular weight excluding hydrogens is 406 g/mol. The van der Waals surface area contributed by atoms with Gasteiger partial charge >= 0.3 is 0 Å². The van der Waals surface area contributed by atoms with E-state index in [9.17, 15) is 19.8 Å². The number of rotatable bonds is 2. The van der Waals surface area contributed by atoms with E-state index in [1.54, 1.807) is 6.07 Å². The van der Waals surface area contributed by atoms with Crippen molar-refractivity contribution in [2.24, 2.45) is 22.7 Å². The van der Waals surface area contributed by atoms with E-state index in [0.717, 1.165) is 36.8 Å². The molecule has 2 saturated carbocycles. The lowest BCUT2D eigenvalue weighted by atomic mass is 9.43. The first-order valence-electron chi connectivity index (χ1n) is 12.0. The topological polar surface area (TPSA) is 87.1 Å². The van der Waals surface area contributed by atoms with Crippen LogP contribution >= 0.6 is 0 Å². The molecule has 5 unspecified atom stereocenters. The number of carbonyl (C=O) groups is 2. The van der Waals surface area contributed by atoms with Gasteiger partial charge in [-0.15, -0.1) is 0 Å². The largest absolute Gasteiger partial charge is 0.508 e. The zero-order valence-electron chi connectivity index (χ0n) is 19.8. The Kier molecular flexibility index (Phi) is 4.57. The Labute approximate surface area is 189 Å². The van der Waals surface area contributed by atoms with Gasteiger partial charge in [0.2, 0.25) is 0 Å². The van der Waals surface area contributed by atoms with Crippen LogP contribution in [0, 0.1) is 22.7 Å². The van der Waals surface area contributed by atoms with Gasteiger partial charge in [-0.05, 0) is 55.9 Å². The second-order valence-electron chi connectivity index (χ2n) is 11.6. The van der Waals surface area contributed by atoms with E-state index in [1.165, 1.54) is 11.8 Å². The van der Waals surface area contributed by atoms with Gasteiger partial charge in [0, 0.05) is 23.0 Å². The van der Waals surface area contributed by atoms with Crippen LogP contribution in [-0.4, -0.2) is 45.1 Å². The predicted octanol–water partition coefficient (Wildman–Crippen LogP) is 3.84. The Bertz CT molecular complexity index is 1020. The van der Waals surface area contributed by atoms with E-state index >= 15 is 0 Å². The second-order valence-corrected chi connectivity index (χ2v) is 11.6. The third-order valence-electron chi connectivity index (χ3n) is 9.58. The van der Waals surface area contributed by atoms with Crippen molar-refractivity contribution < 1.29 is 24.5 Å². The summed E-state index contributed by atoms with van der Waals surface area (Å²) in [7, 11) is 0. The summed E-state index contributed by atoms with van der Waals surface area (Å²) in [6.45, 7) is 10.8. The van der Waals surface area contributed by atoms with E-state index in [0.29, 0.717) is 30.2 Å². The van der Waals surface area contributed by atoms with Crippen LogP contribution in [0.1, 0.15) is 81.8 Å². The maximum Gasteiger partial charge on any atom is 0.255 e. The van der Waals surface area contributed by atoms with Gasteiger partial charge in [-0.1, -0.05) is 27.7 Å². The minimum Gasteiger partial charge on any atom is -0.508 e. The van der Waals surface area contributed by atoms with Gasteiger partial charge in [0.25, 0.3) is 5.91 Å². The highest BCUT2D eigenvalue weighted by Gasteiger charge is 2.67. The fourth-order valence-corrected chi connectivity index (χ4v) is 7.72. The molecule has 2 N–H and O–H groups in total. The monoisotopic (exact) mass is 441 g/mol. The number of Topliss-reactive ketones (excluding diaryl/α,β-unsaturated/α-hetero) is 1. The molecule has 6 heteroatoms. The molecule has 4 aliphatic rings. The third kappa shape index (κ3) is 2.62. The van der Waals surface area contributed by atoms with Gasteiger partial charge < -0.3 is 19.8 Å². The lowest BCUT2D eigenvalue weighted by molar-refractivity contribution is -0.210. The smallest absolute Gasteiger partial charge is 0.255 e. The van der Waals surface area contributed by atoms with E-state index in [-0.39, 0.29) is 46.8 Å². The Morgan fingerprint density at radius 1 is 1.22 bits per heavy atom. The number of ketones is 1. The van der Waals surface area contributed by atoms with Crippen molar-refractivity contribution in [3.8, 4) is 11.5 Å². The number of benzene rings is 1.